The van der Waals surface area contributed by atoms with Crippen molar-refractivity contribution in [1.82, 2.24) is 9.55 Å². The Morgan fingerprint density at radius 2 is 1.76 bits per heavy atom. The monoisotopic (exact) mass is 335 g/mol. The Balaban J connectivity index is 2.09. The molecule has 1 aromatic heterocycles. The van der Waals surface area contributed by atoms with Gasteiger partial charge in [0.1, 0.15) is 5.75 Å². The molecule has 0 unspecified atom stereocenters. The standard InChI is InChI=1S/C19H17N3O3/c1-25-15-10-7-13(8-11-15)6-9-14-12-18(23)21-19(24)22(14)17-5-3-2-4-16(17)20/h2-12H,20H2,1H3,(H,21,23,24)/b9-6+. The summed E-state index contributed by atoms with van der Waals surface area (Å²) in [6, 6.07) is 15.8. The molecule has 25 heavy (non-hydrogen) atoms. The molecule has 6 heteroatoms. The number of nitrogens with zero attached hydrogens (tertiary/aromatic N) is 1. The van der Waals surface area contributed by atoms with Crippen molar-refractivity contribution in [3.05, 3.63) is 86.7 Å². The zero-order valence-electron chi connectivity index (χ0n) is 13.6. The molecule has 1 heterocycles. The van der Waals surface area contributed by atoms with Crippen LogP contribution in [0, 0.1) is 0 Å². The highest BCUT2D eigenvalue weighted by Gasteiger charge is 2.08. The number of ether oxygens (including phenoxy) is 1. The first kappa shape index (κ1) is 16.3. The Labute approximate surface area is 143 Å². The van der Waals surface area contributed by atoms with E-state index in [2.05, 4.69) is 4.98 Å². The predicted octanol–water partition coefficient (Wildman–Crippen LogP) is 2.29. The molecule has 0 radical (unpaired) electrons. The van der Waals surface area contributed by atoms with Crippen LogP contribution in [0.1, 0.15) is 11.3 Å². The van der Waals surface area contributed by atoms with Gasteiger partial charge in [0.05, 0.1) is 24.2 Å². The molecule has 0 aliphatic rings. The number of nitrogen functional groups attached to an aromatic ring is 1. The van der Waals surface area contributed by atoms with E-state index in [9.17, 15) is 9.59 Å². The van der Waals surface area contributed by atoms with Crippen LogP contribution >= 0.6 is 0 Å². The van der Waals surface area contributed by atoms with Crippen LogP contribution in [-0.4, -0.2) is 16.7 Å². The molecule has 3 aromatic rings. The topological polar surface area (TPSA) is 90.1 Å². The summed E-state index contributed by atoms with van der Waals surface area (Å²) < 4.78 is 6.50. The highest BCUT2D eigenvalue weighted by molar-refractivity contribution is 5.70. The minimum Gasteiger partial charge on any atom is -0.497 e. The maximum absolute atomic E-state index is 12.3. The van der Waals surface area contributed by atoms with Crippen molar-refractivity contribution in [2.45, 2.75) is 0 Å². The van der Waals surface area contributed by atoms with Crippen LogP contribution in [0.25, 0.3) is 17.8 Å². The van der Waals surface area contributed by atoms with Gasteiger partial charge in [-0.15, -0.1) is 0 Å². The summed E-state index contributed by atoms with van der Waals surface area (Å²) in [4.78, 5) is 26.3. The van der Waals surface area contributed by atoms with Crippen LogP contribution in [0.3, 0.4) is 0 Å². The SMILES string of the molecule is COc1ccc(/C=C/c2cc(=O)[nH]c(=O)n2-c2ccccc2N)cc1. The van der Waals surface area contributed by atoms with E-state index in [1.807, 2.05) is 30.3 Å². The summed E-state index contributed by atoms with van der Waals surface area (Å²) in [5, 5.41) is 0. The van der Waals surface area contributed by atoms with Crippen molar-refractivity contribution >= 4 is 17.8 Å². The van der Waals surface area contributed by atoms with Crippen LogP contribution in [0.5, 0.6) is 5.75 Å². The molecule has 0 aliphatic heterocycles. The lowest BCUT2D eigenvalue weighted by molar-refractivity contribution is 0.415. The van der Waals surface area contributed by atoms with Gasteiger partial charge in [-0.1, -0.05) is 30.3 Å². The Morgan fingerprint density at radius 1 is 1.04 bits per heavy atom. The lowest BCUT2D eigenvalue weighted by atomic mass is 10.2. The van der Waals surface area contributed by atoms with Crippen molar-refractivity contribution < 1.29 is 4.74 Å². The molecule has 0 bridgehead atoms. The first-order valence-corrected chi connectivity index (χ1v) is 7.62. The van der Waals surface area contributed by atoms with Crippen LogP contribution in [0.4, 0.5) is 5.69 Å². The van der Waals surface area contributed by atoms with Crippen molar-refractivity contribution in [3.8, 4) is 11.4 Å². The third kappa shape index (κ3) is 3.53. The molecule has 2 aromatic carbocycles. The summed E-state index contributed by atoms with van der Waals surface area (Å²) in [5.74, 6) is 0.752. The van der Waals surface area contributed by atoms with Crippen molar-refractivity contribution in [2.75, 3.05) is 12.8 Å². The van der Waals surface area contributed by atoms with Gasteiger partial charge in [0.25, 0.3) is 5.56 Å². The Hall–Kier alpha value is -3.54. The number of rotatable bonds is 4. The molecule has 3 N–H and O–H groups in total. The number of aromatic amines is 1. The van der Waals surface area contributed by atoms with Gasteiger partial charge in [-0.2, -0.15) is 0 Å². The maximum Gasteiger partial charge on any atom is 0.333 e. The van der Waals surface area contributed by atoms with Crippen LogP contribution in [0.15, 0.2) is 64.2 Å². The van der Waals surface area contributed by atoms with Gasteiger partial charge in [0, 0.05) is 6.07 Å². The molecule has 0 aliphatic carbocycles. The molecule has 0 saturated carbocycles. The van der Waals surface area contributed by atoms with Crippen LogP contribution in [0.2, 0.25) is 0 Å². The zero-order chi connectivity index (χ0) is 17.8. The fraction of sp³-hybridized carbons (Fsp3) is 0.0526. The van der Waals surface area contributed by atoms with Gasteiger partial charge in [-0.05, 0) is 35.9 Å². The normalized spacial score (nSPS) is 10.9. The van der Waals surface area contributed by atoms with E-state index in [-0.39, 0.29) is 0 Å². The second kappa shape index (κ2) is 6.92. The molecular formula is C19H17N3O3. The van der Waals surface area contributed by atoms with Gasteiger partial charge in [0.2, 0.25) is 0 Å². The number of hydrogen-bond donors (Lipinski definition) is 2. The minimum absolute atomic E-state index is 0.433. The number of methoxy groups -OCH3 is 1. The van der Waals surface area contributed by atoms with E-state index in [0.29, 0.717) is 17.1 Å². The number of hydrogen-bond acceptors (Lipinski definition) is 4. The Bertz CT molecular complexity index is 1030. The van der Waals surface area contributed by atoms with Crippen LogP contribution in [-0.2, 0) is 0 Å². The van der Waals surface area contributed by atoms with Gasteiger partial charge in [0.15, 0.2) is 0 Å². The third-order valence-electron chi connectivity index (χ3n) is 3.71. The quantitative estimate of drug-likeness (QED) is 0.716. The van der Waals surface area contributed by atoms with E-state index < -0.39 is 11.2 Å². The molecule has 0 fully saturated rings. The number of H-pyrrole nitrogens is 1. The van der Waals surface area contributed by atoms with Gasteiger partial charge >= 0.3 is 5.69 Å². The van der Waals surface area contributed by atoms with Crippen molar-refractivity contribution in [3.63, 3.8) is 0 Å². The molecule has 3 rings (SSSR count). The molecule has 0 spiro atoms. The Morgan fingerprint density at radius 3 is 2.44 bits per heavy atom. The van der Waals surface area contributed by atoms with Gasteiger partial charge < -0.3 is 10.5 Å². The summed E-state index contributed by atoms with van der Waals surface area (Å²) in [6.07, 6.45) is 3.51. The molecule has 126 valence electrons. The lowest BCUT2D eigenvalue weighted by Crippen LogP contribution is -2.30. The molecule has 0 saturated heterocycles. The number of aromatic nitrogens is 2. The zero-order valence-corrected chi connectivity index (χ0v) is 13.6. The second-order valence-electron chi connectivity index (χ2n) is 5.36. The highest BCUT2D eigenvalue weighted by atomic mass is 16.5. The summed E-state index contributed by atoms with van der Waals surface area (Å²) in [6.45, 7) is 0. The molecular weight excluding hydrogens is 318 g/mol. The lowest BCUT2D eigenvalue weighted by Gasteiger charge is -2.11. The number of anilines is 1. The fourth-order valence-corrected chi connectivity index (χ4v) is 2.47. The highest BCUT2D eigenvalue weighted by Crippen LogP contribution is 2.18. The van der Waals surface area contributed by atoms with E-state index in [0.717, 1.165) is 11.3 Å². The van der Waals surface area contributed by atoms with E-state index in [1.165, 1.54) is 10.6 Å². The summed E-state index contributed by atoms with van der Waals surface area (Å²) >= 11 is 0. The predicted molar refractivity (Wildman–Crippen MR) is 99.0 cm³/mol. The summed E-state index contributed by atoms with van der Waals surface area (Å²) in [7, 11) is 1.60. The molecule has 6 nitrogen and oxygen atoms in total. The third-order valence-corrected chi connectivity index (χ3v) is 3.71. The Kier molecular flexibility index (Phi) is 4.52. The number of nitrogens with one attached hydrogen (secondary N) is 1. The first-order chi connectivity index (χ1) is 12.1. The van der Waals surface area contributed by atoms with Gasteiger partial charge in [-0.3, -0.25) is 14.3 Å². The molecule has 0 atom stereocenters. The molecule has 0 amide bonds. The number of benzene rings is 2. The smallest absolute Gasteiger partial charge is 0.333 e. The largest absolute Gasteiger partial charge is 0.497 e. The number of nitrogens with two attached hydrogens (primary N) is 1. The average Bonchev–Trinajstić information content (AvgIpc) is 2.61. The second-order valence-corrected chi connectivity index (χ2v) is 5.36. The fourth-order valence-electron chi connectivity index (χ4n) is 2.47. The van der Waals surface area contributed by atoms with Crippen molar-refractivity contribution in [2.24, 2.45) is 0 Å². The minimum atomic E-state index is -0.542. The van der Waals surface area contributed by atoms with Crippen molar-refractivity contribution in [1.29, 1.82) is 0 Å². The van der Waals surface area contributed by atoms with E-state index >= 15 is 0 Å². The summed E-state index contributed by atoms with van der Waals surface area (Å²) in [5.41, 5.74) is 7.26. The number of para-hydroxylation sites is 2. The van der Waals surface area contributed by atoms with Crippen LogP contribution < -0.4 is 21.7 Å². The van der Waals surface area contributed by atoms with E-state index in [1.54, 1.807) is 37.5 Å². The average molecular weight is 335 g/mol. The van der Waals surface area contributed by atoms with E-state index in [4.69, 9.17) is 10.5 Å². The van der Waals surface area contributed by atoms with Gasteiger partial charge in [-0.25, -0.2) is 4.79 Å². The first-order valence-electron chi connectivity index (χ1n) is 7.62. The maximum atomic E-state index is 12.3.